The summed E-state index contributed by atoms with van der Waals surface area (Å²) in [6.07, 6.45) is 2.07. The number of carbonyl (C=O) groups excluding carboxylic acids is 2. The maximum Gasteiger partial charge on any atom is 0.258 e. The molecule has 2 fully saturated rings. The molecule has 2 aliphatic rings. The van der Waals surface area contributed by atoms with Gasteiger partial charge in [0.15, 0.2) is 0 Å². The van der Waals surface area contributed by atoms with Crippen LogP contribution in [0.2, 0.25) is 0 Å². The van der Waals surface area contributed by atoms with Crippen molar-refractivity contribution in [1.82, 2.24) is 10.2 Å². The number of halogens is 1. The van der Waals surface area contributed by atoms with Crippen LogP contribution in [-0.4, -0.2) is 53.7 Å². The predicted molar refractivity (Wildman–Crippen MR) is 79.5 cm³/mol. The van der Waals surface area contributed by atoms with Crippen LogP contribution >= 0.6 is 0 Å². The SMILES string of the molecule is O=C(NC1CCN(C2CCOCC2)C1=O)c1c(O)cccc1F. The van der Waals surface area contributed by atoms with E-state index in [0.717, 1.165) is 18.9 Å². The van der Waals surface area contributed by atoms with Gasteiger partial charge in [-0.05, 0) is 31.4 Å². The third-order valence-electron chi connectivity index (χ3n) is 4.40. The highest BCUT2D eigenvalue weighted by molar-refractivity contribution is 6.00. The molecule has 0 radical (unpaired) electrons. The second kappa shape index (κ2) is 6.54. The Balaban J connectivity index is 1.67. The van der Waals surface area contributed by atoms with E-state index in [0.29, 0.717) is 26.2 Å². The molecule has 1 aromatic rings. The minimum atomic E-state index is -0.811. The summed E-state index contributed by atoms with van der Waals surface area (Å²) in [5, 5.41) is 12.2. The number of benzene rings is 1. The second-order valence-corrected chi connectivity index (χ2v) is 5.82. The van der Waals surface area contributed by atoms with Crippen LogP contribution in [0.5, 0.6) is 5.75 Å². The summed E-state index contributed by atoms with van der Waals surface area (Å²) >= 11 is 0. The van der Waals surface area contributed by atoms with Crippen molar-refractivity contribution in [1.29, 1.82) is 0 Å². The molecular formula is C16H19FN2O4. The molecule has 6 nitrogen and oxygen atoms in total. The third-order valence-corrected chi connectivity index (χ3v) is 4.40. The highest BCUT2D eigenvalue weighted by Crippen LogP contribution is 2.23. The van der Waals surface area contributed by atoms with Crippen molar-refractivity contribution in [2.75, 3.05) is 19.8 Å². The number of phenolic OH excluding ortho intramolecular Hbond substituents is 1. The van der Waals surface area contributed by atoms with Crippen LogP contribution in [0.1, 0.15) is 29.6 Å². The van der Waals surface area contributed by atoms with Gasteiger partial charge in [0.2, 0.25) is 5.91 Å². The highest BCUT2D eigenvalue weighted by Gasteiger charge is 2.37. The first kappa shape index (κ1) is 15.7. The Bertz CT molecular complexity index is 596. The lowest BCUT2D eigenvalue weighted by atomic mass is 10.1. The van der Waals surface area contributed by atoms with Gasteiger partial charge in [-0.15, -0.1) is 0 Å². The average Bonchev–Trinajstić information content (AvgIpc) is 2.89. The topological polar surface area (TPSA) is 78.9 Å². The maximum absolute atomic E-state index is 13.7. The minimum Gasteiger partial charge on any atom is -0.507 e. The molecule has 1 unspecified atom stereocenters. The predicted octanol–water partition coefficient (Wildman–Crippen LogP) is 1.04. The van der Waals surface area contributed by atoms with E-state index in [1.807, 2.05) is 0 Å². The largest absolute Gasteiger partial charge is 0.507 e. The van der Waals surface area contributed by atoms with Gasteiger partial charge in [0.05, 0.1) is 0 Å². The minimum absolute atomic E-state index is 0.139. The Hall–Kier alpha value is -2.15. The Morgan fingerprint density at radius 3 is 2.74 bits per heavy atom. The van der Waals surface area contributed by atoms with Crippen LogP contribution in [-0.2, 0) is 9.53 Å². The Labute approximate surface area is 133 Å². The molecular weight excluding hydrogens is 303 g/mol. The van der Waals surface area contributed by atoms with Crippen molar-refractivity contribution in [3.8, 4) is 5.75 Å². The number of nitrogens with one attached hydrogen (secondary N) is 1. The molecule has 0 aliphatic carbocycles. The van der Waals surface area contributed by atoms with Crippen LogP contribution < -0.4 is 5.32 Å². The quantitative estimate of drug-likeness (QED) is 0.871. The molecule has 0 saturated carbocycles. The van der Waals surface area contributed by atoms with Gasteiger partial charge < -0.3 is 20.1 Å². The standard InChI is InChI=1S/C16H19FN2O4/c17-11-2-1-3-13(20)14(11)15(21)18-12-4-7-19(16(12)22)10-5-8-23-9-6-10/h1-3,10,12,20H,4-9H2,(H,18,21). The first-order valence-electron chi connectivity index (χ1n) is 7.74. The molecule has 23 heavy (non-hydrogen) atoms. The smallest absolute Gasteiger partial charge is 0.258 e. The highest BCUT2D eigenvalue weighted by atomic mass is 19.1. The fourth-order valence-corrected chi connectivity index (χ4v) is 3.16. The van der Waals surface area contributed by atoms with E-state index in [-0.39, 0.29) is 11.9 Å². The van der Waals surface area contributed by atoms with Gasteiger partial charge in [-0.2, -0.15) is 0 Å². The van der Waals surface area contributed by atoms with Crippen LogP contribution in [0.15, 0.2) is 18.2 Å². The van der Waals surface area contributed by atoms with Crippen LogP contribution in [0.4, 0.5) is 4.39 Å². The zero-order valence-electron chi connectivity index (χ0n) is 12.6. The van der Waals surface area contributed by atoms with Gasteiger partial charge in [0.1, 0.15) is 23.2 Å². The Morgan fingerprint density at radius 2 is 2.04 bits per heavy atom. The number of nitrogens with zero attached hydrogens (tertiary/aromatic N) is 1. The summed E-state index contributed by atoms with van der Waals surface area (Å²) in [5.41, 5.74) is -0.426. The molecule has 2 amide bonds. The Kier molecular flexibility index (Phi) is 4.47. The normalized spacial score (nSPS) is 22.4. The molecule has 7 heteroatoms. The molecule has 2 saturated heterocycles. The van der Waals surface area contributed by atoms with E-state index in [4.69, 9.17) is 4.74 Å². The van der Waals surface area contributed by atoms with Gasteiger partial charge in [0, 0.05) is 25.8 Å². The molecule has 0 aromatic heterocycles. The molecule has 2 heterocycles. The number of ether oxygens (including phenoxy) is 1. The molecule has 0 spiro atoms. The molecule has 0 bridgehead atoms. The van der Waals surface area contributed by atoms with Crippen molar-refractivity contribution in [2.45, 2.75) is 31.3 Å². The summed E-state index contributed by atoms with van der Waals surface area (Å²) in [7, 11) is 0. The maximum atomic E-state index is 13.7. The summed E-state index contributed by atoms with van der Waals surface area (Å²) in [5.74, 6) is -2.17. The van der Waals surface area contributed by atoms with E-state index in [1.54, 1.807) is 4.90 Å². The number of amides is 2. The number of hydrogen-bond donors (Lipinski definition) is 2. The van der Waals surface area contributed by atoms with Crippen LogP contribution in [0.25, 0.3) is 0 Å². The van der Waals surface area contributed by atoms with Crippen LogP contribution in [0.3, 0.4) is 0 Å². The second-order valence-electron chi connectivity index (χ2n) is 5.82. The van der Waals surface area contributed by atoms with Crippen molar-refractivity contribution in [3.63, 3.8) is 0 Å². The lowest BCUT2D eigenvalue weighted by Gasteiger charge is -2.31. The van der Waals surface area contributed by atoms with E-state index >= 15 is 0 Å². The molecule has 1 atom stereocenters. The molecule has 1 aromatic carbocycles. The fraction of sp³-hybridized carbons (Fsp3) is 0.500. The third kappa shape index (κ3) is 3.14. The van der Waals surface area contributed by atoms with Crippen LogP contribution in [0, 0.1) is 5.82 Å². The van der Waals surface area contributed by atoms with Gasteiger partial charge in [-0.25, -0.2) is 4.39 Å². The van der Waals surface area contributed by atoms with E-state index < -0.39 is 29.1 Å². The number of likely N-dealkylation sites (tertiary alicyclic amines) is 1. The van der Waals surface area contributed by atoms with Gasteiger partial charge >= 0.3 is 0 Å². The molecule has 2 N–H and O–H groups in total. The van der Waals surface area contributed by atoms with Crippen molar-refractivity contribution < 1.29 is 23.8 Å². The van der Waals surface area contributed by atoms with E-state index in [9.17, 15) is 19.1 Å². The molecule has 2 aliphatic heterocycles. The number of phenols is 1. The van der Waals surface area contributed by atoms with Crippen molar-refractivity contribution in [3.05, 3.63) is 29.6 Å². The van der Waals surface area contributed by atoms with E-state index in [1.165, 1.54) is 12.1 Å². The lowest BCUT2D eigenvalue weighted by Crippen LogP contribution is -2.46. The van der Waals surface area contributed by atoms with E-state index in [2.05, 4.69) is 5.32 Å². The fourth-order valence-electron chi connectivity index (χ4n) is 3.16. The number of aromatic hydroxyl groups is 1. The lowest BCUT2D eigenvalue weighted by molar-refractivity contribution is -0.132. The Morgan fingerprint density at radius 1 is 1.30 bits per heavy atom. The summed E-state index contributed by atoms with van der Waals surface area (Å²) < 4.78 is 19.0. The average molecular weight is 322 g/mol. The first-order valence-corrected chi connectivity index (χ1v) is 7.74. The molecule has 3 rings (SSSR count). The number of hydrogen-bond acceptors (Lipinski definition) is 4. The van der Waals surface area contributed by atoms with Crippen molar-refractivity contribution in [2.24, 2.45) is 0 Å². The van der Waals surface area contributed by atoms with Gasteiger partial charge in [-0.3, -0.25) is 9.59 Å². The molecule has 124 valence electrons. The summed E-state index contributed by atoms with van der Waals surface area (Å²) in [6, 6.07) is 3.11. The monoisotopic (exact) mass is 322 g/mol. The summed E-state index contributed by atoms with van der Waals surface area (Å²) in [4.78, 5) is 26.4. The number of carbonyl (C=O) groups is 2. The summed E-state index contributed by atoms with van der Waals surface area (Å²) in [6.45, 7) is 1.83. The van der Waals surface area contributed by atoms with Crippen molar-refractivity contribution >= 4 is 11.8 Å². The van der Waals surface area contributed by atoms with Gasteiger partial charge in [0.25, 0.3) is 5.91 Å². The first-order chi connectivity index (χ1) is 11.1. The number of rotatable bonds is 3. The zero-order valence-corrected chi connectivity index (χ0v) is 12.6. The van der Waals surface area contributed by atoms with Gasteiger partial charge in [-0.1, -0.05) is 6.07 Å². The zero-order chi connectivity index (χ0) is 16.4.